The van der Waals surface area contributed by atoms with Crippen molar-refractivity contribution < 1.29 is 9.59 Å². The van der Waals surface area contributed by atoms with Crippen molar-refractivity contribution >= 4 is 47.8 Å². The first-order valence-electron chi connectivity index (χ1n) is 6.11. The van der Waals surface area contributed by atoms with E-state index in [2.05, 4.69) is 30.0 Å². The Labute approximate surface area is 122 Å². The van der Waals surface area contributed by atoms with Crippen LogP contribution in [0.25, 0.3) is 0 Å². The van der Waals surface area contributed by atoms with Crippen LogP contribution in [0.3, 0.4) is 0 Å². The lowest BCUT2D eigenvalue weighted by Crippen LogP contribution is -2.47. The zero-order valence-electron chi connectivity index (χ0n) is 10.8. The number of hydrazine groups is 1. The first-order chi connectivity index (χ1) is 10.6. The fraction of sp³-hybridized carbons (Fsp3) is 0. The van der Waals surface area contributed by atoms with Gasteiger partial charge in [-0.2, -0.15) is 15.8 Å². The summed E-state index contributed by atoms with van der Waals surface area (Å²) < 4.78 is 0. The molecule has 10 nitrogen and oxygen atoms in total. The summed E-state index contributed by atoms with van der Waals surface area (Å²) in [5.41, 5.74) is 0.575. The summed E-state index contributed by atoms with van der Waals surface area (Å²) in [7, 11) is 0. The van der Waals surface area contributed by atoms with E-state index < -0.39 is 11.8 Å². The van der Waals surface area contributed by atoms with Crippen LogP contribution in [0.1, 0.15) is 0 Å². The molecule has 0 aliphatic carbocycles. The number of fused-ring (bicyclic) bond motifs is 2. The summed E-state index contributed by atoms with van der Waals surface area (Å²) in [6.45, 7) is 0. The highest BCUT2D eigenvalue weighted by Crippen LogP contribution is 2.15. The summed E-state index contributed by atoms with van der Waals surface area (Å²) in [5.74, 6) is 4.89. The smallest absolute Gasteiger partial charge is 0.266 e. The largest absolute Gasteiger partial charge is 0.459 e. The predicted molar refractivity (Wildman–Crippen MR) is 78.6 cm³/mol. The van der Waals surface area contributed by atoms with Crippen molar-refractivity contribution in [2.24, 2.45) is 30.8 Å². The molecule has 0 bridgehead atoms. The Morgan fingerprint density at radius 2 is 1.64 bits per heavy atom. The zero-order valence-corrected chi connectivity index (χ0v) is 10.8. The van der Waals surface area contributed by atoms with Crippen LogP contribution in [0.5, 0.6) is 0 Å². The third-order valence-corrected chi connectivity index (χ3v) is 3.06. The second kappa shape index (κ2) is 4.30. The van der Waals surface area contributed by atoms with Crippen LogP contribution in [0.2, 0.25) is 0 Å². The number of rotatable bonds is 0. The fourth-order valence-electron chi connectivity index (χ4n) is 2.01. The average molecular weight is 294 g/mol. The van der Waals surface area contributed by atoms with Gasteiger partial charge in [-0.15, -0.1) is 5.01 Å². The molecule has 0 atom stereocenters. The van der Waals surface area contributed by atoms with Gasteiger partial charge in [-0.05, 0) is 22.1 Å². The standard InChI is InChI=1S/C12H6N8O2/c13-20(11-16-7-5(1-3-14-7)9(21)18-11)12-17-8-6(2-4-15-8)10(22)19-12/h1-4H,13H2/q+1. The van der Waals surface area contributed by atoms with E-state index in [1.54, 1.807) is 0 Å². The van der Waals surface area contributed by atoms with Gasteiger partial charge in [0.2, 0.25) is 5.84 Å². The van der Waals surface area contributed by atoms with E-state index >= 15 is 0 Å². The molecule has 0 aromatic heterocycles. The number of hydrogen-bond donors (Lipinski definition) is 1. The number of nitrogens with two attached hydrogens (primary N) is 1. The molecule has 4 heterocycles. The van der Waals surface area contributed by atoms with Crippen molar-refractivity contribution in [3.05, 3.63) is 23.3 Å². The van der Waals surface area contributed by atoms with Crippen LogP contribution >= 0.6 is 0 Å². The van der Waals surface area contributed by atoms with Crippen LogP contribution in [-0.2, 0) is 9.59 Å². The molecule has 0 aromatic carbocycles. The molecule has 0 aromatic rings. The molecule has 2 N–H and O–H groups in total. The molecule has 2 amide bonds. The molecule has 4 rings (SSSR count). The van der Waals surface area contributed by atoms with Crippen molar-refractivity contribution in [1.82, 2.24) is 10.0 Å². The van der Waals surface area contributed by atoms with E-state index in [0.717, 1.165) is 5.01 Å². The second-order valence-corrected chi connectivity index (χ2v) is 4.39. The summed E-state index contributed by atoms with van der Waals surface area (Å²) in [4.78, 5) is 47.1. The quantitative estimate of drug-likeness (QED) is 0.412. The van der Waals surface area contributed by atoms with E-state index in [1.165, 1.54) is 24.6 Å². The average Bonchev–Trinajstić information content (AvgIpc) is 3.14. The normalized spacial score (nSPS) is 21.5. The number of guanidine groups is 2. The van der Waals surface area contributed by atoms with Gasteiger partial charge in [0.15, 0.2) is 5.84 Å². The number of hydrogen-bond acceptors (Lipinski definition) is 8. The lowest BCUT2D eigenvalue weighted by atomic mass is 10.2. The van der Waals surface area contributed by atoms with Gasteiger partial charge in [0.1, 0.15) is 5.57 Å². The molecule has 0 unspecified atom stereocenters. The first kappa shape index (κ1) is 12.3. The third kappa shape index (κ3) is 1.71. The highest BCUT2D eigenvalue weighted by Gasteiger charge is 2.38. The number of amidine groups is 2. The molecule has 0 fully saturated rings. The van der Waals surface area contributed by atoms with Crippen LogP contribution in [-0.4, -0.2) is 52.8 Å². The van der Waals surface area contributed by atoms with E-state index in [-0.39, 0.29) is 34.7 Å². The Morgan fingerprint density at radius 3 is 2.41 bits per heavy atom. The lowest BCUT2D eigenvalue weighted by Gasteiger charge is -2.12. The molecule has 0 saturated carbocycles. The highest BCUT2D eigenvalue weighted by molar-refractivity contribution is 6.35. The third-order valence-electron chi connectivity index (χ3n) is 3.06. The summed E-state index contributed by atoms with van der Waals surface area (Å²) in [6, 6.07) is 0. The maximum Gasteiger partial charge on any atom is 0.459 e. The molecule has 22 heavy (non-hydrogen) atoms. The van der Waals surface area contributed by atoms with Gasteiger partial charge in [0.05, 0.1) is 5.57 Å². The van der Waals surface area contributed by atoms with Crippen LogP contribution in [0.4, 0.5) is 0 Å². The topological polar surface area (TPSA) is 139 Å². The monoisotopic (exact) mass is 294 g/mol. The van der Waals surface area contributed by atoms with E-state index in [4.69, 9.17) is 5.84 Å². The maximum absolute atomic E-state index is 11.8. The Bertz CT molecular complexity index is 809. The van der Waals surface area contributed by atoms with Crippen LogP contribution < -0.4 is 10.8 Å². The van der Waals surface area contributed by atoms with Crippen molar-refractivity contribution in [2.45, 2.75) is 0 Å². The van der Waals surface area contributed by atoms with Crippen LogP contribution in [0, 0.1) is 0 Å². The van der Waals surface area contributed by atoms with Gasteiger partial charge >= 0.3 is 17.8 Å². The Balaban J connectivity index is 1.70. The molecule has 10 heteroatoms. The van der Waals surface area contributed by atoms with E-state index in [1.807, 2.05) is 0 Å². The molecule has 4 aliphatic heterocycles. The SMILES string of the molecule is NN(C1=NC(=O)C2=CC=NC2=N1)C1=[N+]C(=O)C2=CC=NC2=N1. The van der Waals surface area contributed by atoms with Gasteiger partial charge in [0, 0.05) is 12.4 Å². The number of amides is 2. The molecule has 0 saturated heterocycles. The highest BCUT2D eigenvalue weighted by atomic mass is 16.2. The number of carbonyl (C=O) groups excluding carboxylic acids is 2. The molecular weight excluding hydrogens is 288 g/mol. The minimum absolute atomic E-state index is 0.151. The van der Waals surface area contributed by atoms with E-state index in [0.29, 0.717) is 0 Å². The molecule has 105 valence electrons. The number of nitrogens with zero attached hydrogens (tertiary/aromatic N) is 7. The maximum atomic E-state index is 11.8. The van der Waals surface area contributed by atoms with Crippen molar-refractivity contribution in [2.75, 3.05) is 0 Å². The summed E-state index contributed by atoms with van der Waals surface area (Å²) in [6.07, 6.45) is 5.90. The first-order valence-corrected chi connectivity index (χ1v) is 6.11. The summed E-state index contributed by atoms with van der Waals surface area (Å²) >= 11 is 0. The van der Waals surface area contributed by atoms with Gasteiger partial charge in [-0.25, -0.2) is 14.8 Å². The molecule has 1 radical (unpaired) electrons. The Kier molecular flexibility index (Phi) is 2.41. The summed E-state index contributed by atoms with van der Waals surface area (Å²) in [5, 5.41) is 0.852. The fourth-order valence-corrected chi connectivity index (χ4v) is 2.01. The van der Waals surface area contributed by atoms with Gasteiger partial charge in [-0.3, -0.25) is 4.79 Å². The number of allylic oxidation sites excluding steroid dienone is 2. The van der Waals surface area contributed by atoms with Crippen molar-refractivity contribution in [3.8, 4) is 0 Å². The minimum atomic E-state index is -0.525. The zero-order chi connectivity index (χ0) is 15.3. The number of aliphatic imine (C=N–C) groups is 6. The van der Waals surface area contributed by atoms with Gasteiger partial charge in [-0.1, -0.05) is 0 Å². The predicted octanol–water partition coefficient (Wildman–Crippen LogP) is -1.89. The second-order valence-electron chi connectivity index (χ2n) is 4.39. The number of carbonyl (C=O) groups is 2. The molecule has 4 aliphatic rings. The van der Waals surface area contributed by atoms with Gasteiger partial charge < -0.3 is 0 Å². The van der Waals surface area contributed by atoms with Crippen molar-refractivity contribution in [1.29, 1.82) is 0 Å². The van der Waals surface area contributed by atoms with Crippen molar-refractivity contribution in [3.63, 3.8) is 0 Å². The molecule has 0 spiro atoms. The van der Waals surface area contributed by atoms with Gasteiger partial charge in [0.25, 0.3) is 5.91 Å². The van der Waals surface area contributed by atoms with E-state index in [9.17, 15) is 9.59 Å². The van der Waals surface area contributed by atoms with Crippen LogP contribution in [0.15, 0.2) is 48.3 Å². The lowest BCUT2D eigenvalue weighted by molar-refractivity contribution is -0.115. The Hall–Kier alpha value is -3.40. The molecular formula is C12H6N8O2+. The Morgan fingerprint density at radius 1 is 0.955 bits per heavy atom. The minimum Gasteiger partial charge on any atom is -0.266 e.